The monoisotopic (exact) mass is 316 g/mol. The zero-order valence-electron chi connectivity index (χ0n) is 13.2. The molecule has 0 saturated heterocycles. The van der Waals surface area contributed by atoms with Gasteiger partial charge in [-0.05, 0) is 39.5 Å². The maximum atomic E-state index is 12.5. The van der Waals surface area contributed by atoms with Crippen LogP contribution < -0.4 is 0 Å². The van der Waals surface area contributed by atoms with Gasteiger partial charge in [0.25, 0.3) is 5.91 Å². The van der Waals surface area contributed by atoms with Crippen molar-refractivity contribution in [3.8, 4) is 0 Å². The second-order valence-electron chi connectivity index (χ2n) is 5.76. The quantitative estimate of drug-likeness (QED) is 0.873. The van der Waals surface area contributed by atoms with Gasteiger partial charge < -0.3 is 4.90 Å². The van der Waals surface area contributed by atoms with Gasteiger partial charge in [0, 0.05) is 18.1 Å². The molecule has 2 aromatic rings. The standard InChI is InChI=1S/C16H20N4OS/c1-10-12(8-17-11(2)18-10)16(21)20(3)9-15-19-13-6-4-5-7-14(13)22-15/h8H,4-7,9H2,1-3H3. The first-order valence-corrected chi connectivity index (χ1v) is 8.39. The molecule has 5 nitrogen and oxygen atoms in total. The van der Waals surface area contributed by atoms with Crippen molar-refractivity contribution in [3.05, 3.63) is 38.9 Å². The molecule has 0 radical (unpaired) electrons. The molecule has 0 atom stereocenters. The molecule has 2 heterocycles. The van der Waals surface area contributed by atoms with Crippen LogP contribution in [0.3, 0.4) is 0 Å². The van der Waals surface area contributed by atoms with Crippen LogP contribution in [-0.4, -0.2) is 32.8 Å². The van der Waals surface area contributed by atoms with Gasteiger partial charge in [-0.1, -0.05) is 0 Å². The maximum absolute atomic E-state index is 12.5. The van der Waals surface area contributed by atoms with Crippen LogP contribution in [0.15, 0.2) is 6.20 Å². The van der Waals surface area contributed by atoms with Crippen LogP contribution in [0.1, 0.15) is 50.3 Å². The third-order valence-corrected chi connectivity index (χ3v) is 5.08. The zero-order valence-corrected chi connectivity index (χ0v) is 14.0. The lowest BCUT2D eigenvalue weighted by molar-refractivity contribution is 0.0783. The van der Waals surface area contributed by atoms with E-state index in [0.717, 1.165) is 23.5 Å². The Morgan fingerprint density at radius 3 is 2.77 bits per heavy atom. The minimum absolute atomic E-state index is 0.0503. The minimum Gasteiger partial charge on any atom is -0.335 e. The number of hydrogen-bond donors (Lipinski definition) is 0. The van der Waals surface area contributed by atoms with Crippen molar-refractivity contribution < 1.29 is 4.79 Å². The number of thiazole rings is 1. The van der Waals surface area contributed by atoms with Crippen molar-refractivity contribution in [2.24, 2.45) is 0 Å². The Hall–Kier alpha value is -1.82. The highest BCUT2D eigenvalue weighted by Crippen LogP contribution is 2.27. The van der Waals surface area contributed by atoms with Crippen LogP contribution in [-0.2, 0) is 19.4 Å². The Labute approximate surface area is 134 Å². The lowest BCUT2D eigenvalue weighted by Crippen LogP contribution is -2.27. The van der Waals surface area contributed by atoms with Gasteiger partial charge in [0.1, 0.15) is 10.8 Å². The Morgan fingerprint density at radius 2 is 2.05 bits per heavy atom. The van der Waals surface area contributed by atoms with E-state index in [9.17, 15) is 4.79 Å². The fourth-order valence-electron chi connectivity index (χ4n) is 2.75. The maximum Gasteiger partial charge on any atom is 0.257 e. The zero-order chi connectivity index (χ0) is 15.7. The molecule has 0 spiro atoms. The van der Waals surface area contributed by atoms with Crippen LogP contribution >= 0.6 is 11.3 Å². The summed E-state index contributed by atoms with van der Waals surface area (Å²) >= 11 is 1.75. The molecule has 22 heavy (non-hydrogen) atoms. The smallest absolute Gasteiger partial charge is 0.257 e. The van der Waals surface area contributed by atoms with Crippen LogP contribution in [0.5, 0.6) is 0 Å². The van der Waals surface area contributed by atoms with Crippen molar-refractivity contribution in [3.63, 3.8) is 0 Å². The Morgan fingerprint density at radius 1 is 1.27 bits per heavy atom. The van der Waals surface area contributed by atoms with Crippen molar-refractivity contribution in [2.75, 3.05) is 7.05 Å². The average Bonchev–Trinajstić information content (AvgIpc) is 2.88. The number of carbonyl (C=O) groups excluding carboxylic acids is 1. The fourth-order valence-corrected chi connectivity index (χ4v) is 3.96. The molecule has 116 valence electrons. The molecule has 0 fully saturated rings. The van der Waals surface area contributed by atoms with Gasteiger partial charge in [0.2, 0.25) is 0 Å². The second kappa shape index (κ2) is 6.12. The summed E-state index contributed by atoms with van der Waals surface area (Å²) in [7, 11) is 1.81. The molecule has 1 aliphatic carbocycles. The van der Waals surface area contributed by atoms with Gasteiger partial charge in [-0.3, -0.25) is 4.79 Å². The summed E-state index contributed by atoms with van der Waals surface area (Å²) in [6, 6.07) is 0. The number of aromatic nitrogens is 3. The largest absolute Gasteiger partial charge is 0.335 e. The molecule has 2 aromatic heterocycles. The van der Waals surface area contributed by atoms with E-state index in [1.807, 2.05) is 20.9 Å². The molecule has 0 bridgehead atoms. The van der Waals surface area contributed by atoms with Crippen molar-refractivity contribution in [1.29, 1.82) is 0 Å². The van der Waals surface area contributed by atoms with E-state index in [0.29, 0.717) is 17.9 Å². The summed E-state index contributed by atoms with van der Waals surface area (Å²) in [6.07, 6.45) is 6.31. The van der Waals surface area contributed by atoms with Crippen LogP contribution in [0, 0.1) is 13.8 Å². The van der Waals surface area contributed by atoms with Crippen molar-refractivity contribution in [2.45, 2.75) is 46.1 Å². The fraction of sp³-hybridized carbons (Fsp3) is 0.500. The van der Waals surface area contributed by atoms with Gasteiger partial charge in [-0.15, -0.1) is 11.3 Å². The molecule has 1 aliphatic rings. The number of amides is 1. The predicted molar refractivity (Wildman–Crippen MR) is 86.1 cm³/mol. The van der Waals surface area contributed by atoms with E-state index >= 15 is 0 Å². The summed E-state index contributed by atoms with van der Waals surface area (Å²) < 4.78 is 0. The lowest BCUT2D eigenvalue weighted by atomic mass is 10.0. The molecule has 0 N–H and O–H groups in total. The number of aryl methyl sites for hydroxylation is 4. The molecule has 6 heteroatoms. The van der Waals surface area contributed by atoms with Gasteiger partial charge in [-0.25, -0.2) is 15.0 Å². The first kappa shape index (κ1) is 15.1. The number of carbonyl (C=O) groups is 1. The summed E-state index contributed by atoms with van der Waals surface area (Å²) in [5.41, 5.74) is 2.53. The molecule has 0 unspecified atom stereocenters. The summed E-state index contributed by atoms with van der Waals surface area (Å²) in [6.45, 7) is 4.22. The molecule has 3 rings (SSSR count). The number of fused-ring (bicyclic) bond motifs is 1. The summed E-state index contributed by atoms with van der Waals surface area (Å²) in [4.78, 5) is 28.7. The molecule has 0 saturated carbocycles. The minimum atomic E-state index is -0.0503. The number of rotatable bonds is 3. The first-order chi connectivity index (χ1) is 10.5. The number of nitrogens with zero attached hydrogens (tertiary/aromatic N) is 4. The Kier molecular flexibility index (Phi) is 4.20. The van der Waals surface area contributed by atoms with Gasteiger partial charge in [-0.2, -0.15) is 0 Å². The Bertz CT molecular complexity index is 687. The lowest BCUT2D eigenvalue weighted by Gasteiger charge is -2.16. The third-order valence-electron chi connectivity index (χ3n) is 3.94. The SMILES string of the molecule is Cc1ncc(C(=O)N(C)Cc2nc3c(s2)CCCC3)c(C)n1. The van der Waals surface area contributed by atoms with Crippen molar-refractivity contribution >= 4 is 17.2 Å². The van der Waals surface area contributed by atoms with E-state index < -0.39 is 0 Å². The van der Waals surface area contributed by atoms with Crippen LogP contribution in [0.4, 0.5) is 0 Å². The second-order valence-corrected chi connectivity index (χ2v) is 6.93. The van der Waals surface area contributed by atoms with Crippen LogP contribution in [0.25, 0.3) is 0 Å². The predicted octanol–water partition coefficient (Wildman–Crippen LogP) is 2.70. The van der Waals surface area contributed by atoms with Gasteiger partial charge in [0.15, 0.2) is 0 Å². The highest BCUT2D eigenvalue weighted by Gasteiger charge is 2.19. The number of hydrogen-bond acceptors (Lipinski definition) is 5. The van der Waals surface area contributed by atoms with Crippen LogP contribution in [0.2, 0.25) is 0 Å². The summed E-state index contributed by atoms with van der Waals surface area (Å²) in [5, 5.41) is 1.02. The molecule has 1 amide bonds. The molecule has 0 aromatic carbocycles. The van der Waals surface area contributed by atoms with Crippen molar-refractivity contribution in [1.82, 2.24) is 19.9 Å². The van der Waals surface area contributed by atoms with E-state index in [2.05, 4.69) is 9.97 Å². The highest BCUT2D eigenvalue weighted by molar-refractivity contribution is 7.11. The van der Waals surface area contributed by atoms with E-state index in [-0.39, 0.29) is 5.91 Å². The molecular formula is C16H20N4OS. The highest BCUT2D eigenvalue weighted by atomic mass is 32.1. The molecule has 0 aliphatic heterocycles. The van der Waals surface area contributed by atoms with Gasteiger partial charge >= 0.3 is 0 Å². The third kappa shape index (κ3) is 3.02. The average molecular weight is 316 g/mol. The summed E-state index contributed by atoms with van der Waals surface area (Å²) in [5.74, 6) is 0.634. The van der Waals surface area contributed by atoms with E-state index in [1.54, 1.807) is 22.4 Å². The van der Waals surface area contributed by atoms with Gasteiger partial charge in [0.05, 0.1) is 23.5 Å². The topological polar surface area (TPSA) is 59.0 Å². The normalized spacial score (nSPS) is 13.8. The van der Waals surface area contributed by atoms with E-state index in [4.69, 9.17) is 4.98 Å². The molecular weight excluding hydrogens is 296 g/mol. The van der Waals surface area contributed by atoms with E-state index in [1.165, 1.54) is 23.4 Å². The Balaban J connectivity index is 1.74. The first-order valence-electron chi connectivity index (χ1n) is 7.57.